The van der Waals surface area contributed by atoms with Crippen LogP contribution in [0.25, 0.3) is 0 Å². The normalized spacial score (nSPS) is 20.2. The summed E-state index contributed by atoms with van der Waals surface area (Å²) < 4.78 is 11.7. The van der Waals surface area contributed by atoms with Crippen LogP contribution in [0.15, 0.2) is 0 Å². The lowest BCUT2D eigenvalue weighted by Crippen LogP contribution is -2.25. The van der Waals surface area contributed by atoms with Crippen LogP contribution in [-0.2, 0) is 0 Å². The highest BCUT2D eigenvalue weighted by atomic mass is 19.1. The van der Waals surface area contributed by atoms with Crippen molar-refractivity contribution >= 4 is 0 Å². The topological polar surface area (TPSA) is 12.0 Å². The second kappa shape index (κ2) is 4.05. The Morgan fingerprint density at radius 1 is 1.45 bits per heavy atom. The highest BCUT2D eigenvalue weighted by molar-refractivity contribution is 4.94. The average molecular weight is 159 g/mol. The Hall–Kier alpha value is -0.110. The van der Waals surface area contributed by atoms with Gasteiger partial charge in [-0.1, -0.05) is 13.3 Å². The van der Waals surface area contributed by atoms with Gasteiger partial charge in [0, 0.05) is 13.1 Å². The molecule has 0 aromatic rings. The van der Waals surface area contributed by atoms with Gasteiger partial charge in [0.2, 0.25) is 0 Å². The molecule has 66 valence electrons. The monoisotopic (exact) mass is 159 g/mol. The molecule has 0 heterocycles. The summed E-state index contributed by atoms with van der Waals surface area (Å²) in [5.74, 6) is 0. The van der Waals surface area contributed by atoms with Crippen LogP contribution in [0.1, 0.15) is 32.6 Å². The van der Waals surface area contributed by atoms with Gasteiger partial charge in [0.15, 0.2) is 0 Å². The highest BCUT2D eigenvalue weighted by Gasteiger charge is 2.40. The molecule has 1 rings (SSSR count). The van der Waals surface area contributed by atoms with Crippen molar-refractivity contribution in [1.82, 2.24) is 5.32 Å². The van der Waals surface area contributed by atoms with Crippen LogP contribution in [0, 0.1) is 5.41 Å². The predicted octanol–water partition coefficient (Wildman–Crippen LogP) is 2.13. The summed E-state index contributed by atoms with van der Waals surface area (Å²) in [4.78, 5) is 0. The van der Waals surface area contributed by atoms with Crippen LogP contribution >= 0.6 is 0 Å². The minimum absolute atomic E-state index is 0.234. The zero-order valence-electron chi connectivity index (χ0n) is 7.33. The molecule has 0 radical (unpaired) electrons. The van der Waals surface area contributed by atoms with Crippen molar-refractivity contribution < 1.29 is 4.39 Å². The fourth-order valence-corrected chi connectivity index (χ4v) is 1.64. The second-order valence-corrected chi connectivity index (χ2v) is 3.62. The Morgan fingerprint density at radius 2 is 2.18 bits per heavy atom. The number of halogens is 1. The van der Waals surface area contributed by atoms with Gasteiger partial charge in [-0.2, -0.15) is 0 Å². The van der Waals surface area contributed by atoms with E-state index in [4.69, 9.17) is 0 Å². The van der Waals surface area contributed by atoms with E-state index >= 15 is 0 Å². The van der Waals surface area contributed by atoms with E-state index in [-0.39, 0.29) is 6.67 Å². The van der Waals surface area contributed by atoms with E-state index in [1.165, 1.54) is 25.7 Å². The molecule has 0 atom stereocenters. The Kier molecular flexibility index (Phi) is 3.31. The SMILES string of the molecule is CCCC1(CNCCF)CC1. The largest absolute Gasteiger partial charge is 0.314 e. The number of alkyl halides is 1. The average Bonchev–Trinajstić information content (AvgIpc) is 2.71. The zero-order chi connectivity index (χ0) is 8.16. The third-order valence-electron chi connectivity index (χ3n) is 2.51. The first-order valence-corrected chi connectivity index (χ1v) is 4.60. The van der Waals surface area contributed by atoms with E-state index in [0.717, 1.165) is 6.54 Å². The van der Waals surface area contributed by atoms with Crippen molar-refractivity contribution in [3.8, 4) is 0 Å². The van der Waals surface area contributed by atoms with Crippen molar-refractivity contribution in [2.24, 2.45) is 5.41 Å². The van der Waals surface area contributed by atoms with Gasteiger partial charge in [-0.25, -0.2) is 4.39 Å². The van der Waals surface area contributed by atoms with Crippen LogP contribution < -0.4 is 5.32 Å². The number of hydrogen-bond donors (Lipinski definition) is 1. The van der Waals surface area contributed by atoms with Crippen molar-refractivity contribution in [2.75, 3.05) is 19.8 Å². The molecule has 1 fully saturated rings. The summed E-state index contributed by atoms with van der Waals surface area (Å²) >= 11 is 0. The van der Waals surface area contributed by atoms with Crippen molar-refractivity contribution in [1.29, 1.82) is 0 Å². The summed E-state index contributed by atoms with van der Waals surface area (Å²) in [6, 6.07) is 0. The molecule has 1 nitrogen and oxygen atoms in total. The minimum Gasteiger partial charge on any atom is -0.314 e. The Labute approximate surface area is 68.4 Å². The predicted molar refractivity (Wildman–Crippen MR) is 45.4 cm³/mol. The number of hydrogen-bond acceptors (Lipinski definition) is 1. The first-order valence-electron chi connectivity index (χ1n) is 4.60. The molecular formula is C9H18FN. The summed E-state index contributed by atoms with van der Waals surface area (Å²) in [5.41, 5.74) is 0.573. The van der Waals surface area contributed by atoms with E-state index < -0.39 is 0 Å². The second-order valence-electron chi connectivity index (χ2n) is 3.62. The van der Waals surface area contributed by atoms with Gasteiger partial charge < -0.3 is 5.32 Å². The van der Waals surface area contributed by atoms with Gasteiger partial charge in [-0.05, 0) is 24.7 Å². The van der Waals surface area contributed by atoms with E-state index in [9.17, 15) is 4.39 Å². The molecule has 0 unspecified atom stereocenters. The fourth-order valence-electron chi connectivity index (χ4n) is 1.64. The molecule has 2 heteroatoms. The lowest BCUT2D eigenvalue weighted by atomic mass is 10.0. The molecule has 0 aromatic heterocycles. The van der Waals surface area contributed by atoms with E-state index in [0.29, 0.717) is 12.0 Å². The van der Waals surface area contributed by atoms with Crippen LogP contribution in [0.4, 0.5) is 4.39 Å². The first-order chi connectivity index (χ1) is 5.33. The van der Waals surface area contributed by atoms with Crippen LogP contribution in [-0.4, -0.2) is 19.8 Å². The van der Waals surface area contributed by atoms with Crippen molar-refractivity contribution in [3.05, 3.63) is 0 Å². The van der Waals surface area contributed by atoms with Gasteiger partial charge in [-0.3, -0.25) is 0 Å². The zero-order valence-corrected chi connectivity index (χ0v) is 7.33. The maximum absolute atomic E-state index is 11.7. The maximum atomic E-state index is 11.7. The first kappa shape index (κ1) is 8.98. The molecule has 1 aliphatic carbocycles. The molecule has 0 spiro atoms. The Morgan fingerprint density at radius 3 is 2.64 bits per heavy atom. The van der Waals surface area contributed by atoms with Gasteiger partial charge >= 0.3 is 0 Å². The number of nitrogens with one attached hydrogen (secondary N) is 1. The molecule has 0 aromatic carbocycles. The number of rotatable bonds is 6. The maximum Gasteiger partial charge on any atom is 0.102 e. The quantitative estimate of drug-likeness (QED) is 0.585. The standard InChI is InChI=1S/C9H18FN/c1-2-3-9(4-5-9)8-11-7-6-10/h11H,2-8H2,1H3. The third-order valence-corrected chi connectivity index (χ3v) is 2.51. The third kappa shape index (κ3) is 2.78. The molecule has 0 bridgehead atoms. The van der Waals surface area contributed by atoms with Crippen LogP contribution in [0.5, 0.6) is 0 Å². The molecular weight excluding hydrogens is 141 g/mol. The Bertz CT molecular complexity index is 110. The van der Waals surface area contributed by atoms with E-state index in [1.807, 2.05) is 0 Å². The molecule has 1 aliphatic rings. The summed E-state index contributed by atoms with van der Waals surface area (Å²) in [5, 5.41) is 3.15. The lowest BCUT2D eigenvalue weighted by Gasteiger charge is -2.13. The van der Waals surface area contributed by atoms with Gasteiger partial charge in [0.05, 0.1) is 0 Å². The van der Waals surface area contributed by atoms with Crippen LogP contribution in [0.3, 0.4) is 0 Å². The highest BCUT2D eigenvalue weighted by Crippen LogP contribution is 2.48. The molecule has 1 saturated carbocycles. The van der Waals surface area contributed by atoms with E-state index in [1.54, 1.807) is 0 Å². The molecule has 0 aliphatic heterocycles. The van der Waals surface area contributed by atoms with Gasteiger partial charge in [-0.15, -0.1) is 0 Å². The summed E-state index contributed by atoms with van der Waals surface area (Å²) in [6.45, 7) is 3.55. The molecule has 1 N–H and O–H groups in total. The molecule has 0 saturated heterocycles. The summed E-state index contributed by atoms with van der Waals surface area (Å²) in [6.07, 6.45) is 5.27. The van der Waals surface area contributed by atoms with E-state index in [2.05, 4.69) is 12.2 Å². The van der Waals surface area contributed by atoms with Crippen LogP contribution in [0.2, 0.25) is 0 Å². The molecule has 11 heavy (non-hydrogen) atoms. The fraction of sp³-hybridized carbons (Fsp3) is 1.00. The van der Waals surface area contributed by atoms with Gasteiger partial charge in [0.1, 0.15) is 6.67 Å². The minimum atomic E-state index is -0.234. The Balaban J connectivity index is 2.04. The van der Waals surface area contributed by atoms with Gasteiger partial charge in [0.25, 0.3) is 0 Å². The van der Waals surface area contributed by atoms with Crippen molar-refractivity contribution in [2.45, 2.75) is 32.6 Å². The van der Waals surface area contributed by atoms with Crippen molar-refractivity contribution in [3.63, 3.8) is 0 Å². The lowest BCUT2D eigenvalue weighted by molar-refractivity contribution is 0.396. The summed E-state index contributed by atoms with van der Waals surface area (Å²) in [7, 11) is 0. The molecule has 0 amide bonds. The smallest absolute Gasteiger partial charge is 0.102 e.